The lowest BCUT2D eigenvalue weighted by atomic mass is 10.1. The fourth-order valence-electron chi connectivity index (χ4n) is 2.63. The highest BCUT2D eigenvalue weighted by Crippen LogP contribution is 2.35. The second-order valence-corrected chi connectivity index (χ2v) is 7.55. The number of halogens is 2. The van der Waals surface area contributed by atoms with Crippen molar-refractivity contribution in [2.45, 2.75) is 13.8 Å². The summed E-state index contributed by atoms with van der Waals surface area (Å²) in [6.45, 7) is 4.02. The lowest BCUT2D eigenvalue weighted by molar-refractivity contribution is -0.385. The summed E-state index contributed by atoms with van der Waals surface area (Å²) in [7, 11) is 0. The van der Waals surface area contributed by atoms with E-state index in [1.807, 2.05) is 6.92 Å². The standard InChI is InChI=1S/C19H14Br2N2O5/c1-3-27-17-13(20)7-11(8-14(17)21)9-15-19(24)28-18(22-15)12-4-5-16(23(25)26)10(2)6-12/h4-9H,3H2,1-2H3/b15-9-. The number of rotatable bonds is 5. The van der Waals surface area contributed by atoms with Crippen LogP contribution in [0.2, 0.25) is 0 Å². The molecule has 1 heterocycles. The molecule has 1 aliphatic rings. The smallest absolute Gasteiger partial charge is 0.363 e. The van der Waals surface area contributed by atoms with Gasteiger partial charge in [-0.25, -0.2) is 9.79 Å². The summed E-state index contributed by atoms with van der Waals surface area (Å²) < 4.78 is 12.2. The van der Waals surface area contributed by atoms with Gasteiger partial charge in [0.1, 0.15) is 5.75 Å². The van der Waals surface area contributed by atoms with Gasteiger partial charge in [0.15, 0.2) is 5.70 Å². The van der Waals surface area contributed by atoms with E-state index < -0.39 is 10.9 Å². The Morgan fingerprint density at radius 1 is 1.25 bits per heavy atom. The number of aryl methyl sites for hydroxylation is 1. The number of cyclic esters (lactones) is 1. The maximum atomic E-state index is 12.2. The lowest BCUT2D eigenvalue weighted by Gasteiger charge is -2.09. The highest BCUT2D eigenvalue weighted by Gasteiger charge is 2.25. The van der Waals surface area contributed by atoms with Crippen LogP contribution in [0.1, 0.15) is 23.6 Å². The molecule has 0 atom stereocenters. The maximum absolute atomic E-state index is 12.2. The van der Waals surface area contributed by atoms with Gasteiger partial charge >= 0.3 is 5.97 Å². The van der Waals surface area contributed by atoms with E-state index in [-0.39, 0.29) is 17.3 Å². The molecule has 0 aliphatic carbocycles. The molecule has 2 aromatic rings. The van der Waals surface area contributed by atoms with Crippen molar-refractivity contribution >= 4 is 55.5 Å². The van der Waals surface area contributed by atoms with Crippen molar-refractivity contribution < 1.29 is 19.2 Å². The zero-order valence-corrected chi connectivity index (χ0v) is 18.0. The topological polar surface area (TPSA) is 91.0 Å². The molecule has 0 saturated carbocycles. The monoisotopic (exact) mass is 508 g/mol. The van der Waals surface area contributed by atoms with Gasteiger partial charge in [0, 0.05) is 17.2 Å². The molecule has 1 aliphatic heterocycles. The van der Waals surface area contributed by atoms with E-state index in [9.17, 15) is 14.9 Å². The lowest BCUT2D eigenvalue weighted by Crippen LogP contribution is -2.06. The minimum Gasteiger partial charge on any atom is -0.492 e. The molecule has 9 heteroatoms. The van der Waals surface area contributed by atoms with Gasteiger partial charge in [-0.1, -0.05) is 0 Å². The van der Waals surface area contributed by atoms with Crippen molar-refractivity contribution in [2.75, 3.05) is 6.61 Å². The van der Waals surface area contributed by atoms with Gasteiger partial charge in [0.2, 0.25) is 5.90 Å². The molecule has 3 rings (SSSR count). The first-order chi connectivity index (χ1) is 13.3. The number of nitro groups is 1. The SMILES string of the molecule is CCOc1c(Br)cc(/C=C2\N=C(c3ccc([N+](=O)[O-])c(C)c3)OC2=O)cc1Br. The Bertz CT molecular complexity index is 1020. The van der Waals surface area contributed by atoms with E-state index in [1.54, 1.807) is 31.2 Å². The molecule has 0 bridgehead atoms. The Morgan fingerprint density at radius 2 is 1.93 bits per heavy atom. The number of nitrogens with zero attached hydrogens (tertiary/aromatic N) is 2. The molecule has 2 aromatic carbocycles. The molecule has 0 saturated heterocycles. The Hall–Kier alpha value is -2.52. The normalized spacial score (nSPS) is 14.8. The molecule has 28 heavy (non-hydrogen) atoms. The predicted molar refractivity (Wildman–Crippen MR) is 111 cm³/mol. The molecule has 0 spiro atoms. The van der Waals surface area contributed by atoms with Crippen LogP contribution in [0.15, 0.2) is 50.0 Å². The van der Waals surface area contributed by atoms with Crippen LogP contribution in [-0.4, -0.2) is 23.4 Å². The third kappa shape index (κ3) is 4.15. The van der Waals surface area contributed by atoms with Crippen molar-refractivity contribution in [1.29, 1.82) is 0 Å². The second-order valence-electron chi connectivity index (χ2n) is 5.84. The van der Waals surface area contributed by atoms with Gasteiger partial charge < -0.3 is 9.47 Å². The maximum Gasteiger partial charge on any atom is 0.363 e. The molecule has 0 unspecified atom stereocenters. The van der Waals surface area contributed by atoms with Crippen molar-refractivity contribution in [1.82, 2.24) is 0 Å². The van der Waals surface area contributed by atoms with Gasteiger partial charge in [-0.2, -0.15) is 0 Å². The van der Waals surface area contributed by atoms with E-state index in [4.69, 9.17) is 9.47 Å². The third-order valence-electron chi connectivity index (χ3n) is 3.87. The number of nitro benzene ring substituents is 1. The molecule has 0 radical (unpaired) electrons. The van der Waals surface area contributed by atoms with Crippen LogP contribution in [0.4, 0.5) is 5.69 Å². The first-order valence-electron chi connectivity index (χ1n) is 8.20. The van der Waals surface area contributed by atoms with Crippen LogP contribution in [0.5, 0.6) is 5.75 Å². The average molecular weight is 510 g/mol. The summed E-state index contributed by atoms with van der Waals surface area (Å²) in [5.74, 6) is 0.189. The summed E-state index contributed by atoms with van der Waals surface area (Å²) in [5, 5.41) is 10.9. The van der Waals surface area contributed by atoms with Crippen LogP contribution in [0.25, 0.3) is 6.08 Å². The van der Waals surface area contributed by atoms with E-state index >= 15 is 0 Å². The predicted octanol–water partition coefficient (Wildman–Crippen LogP) is 5.17. The number of benzene rings is 2. The Kier molecular flexibility index (Phi) is 5.95. The Morgan fingerprint density at radius 3 is 2.50 bits per heavy atom. The van der Waals surface area contributed by atoms with Crippen LogP contribution in [0, 0.1) is 17.0 Å². The molecular weight excluding hydrogens is 496 g/mol. The third-order valence-corrected chi connectivity index (χ3v) is 5.05. The summed E-state index contributed by atoms with van der Waals surface area (Å²) in [4.78, 5) is 26.9. The average Bonchev–Trinajstić information content (AvgIpc) is 2.98. The van der Waals surface area contributed by atoms with Crippen molar-refractivity contribution in [3.63, 3.8) is 0 Å². The quantitative estimate of drug-likeness (QED) is 0.240. The Balaban J connectivity index is 1.94. The highest BCUT2D eigenvalue weighted by molar-refractivity contribution is 9.11. The number of carbonyl (C=O) groups is 1. The van der Waals surface area contributed by atoms with Gasteiger partial charge in [-0.15, -0.1) is 0 Å². The number of hydrogen-bond donors (Lipinski definition) is 0. The first-order valence-corrected chi connectivity index (χ1v) is 9.78. The zero-order chi connectivity index (χ0) is 20.4. The number of hydrogen-bond acceptors (Lipinski definition) is 6. The number of aliphatic imine (C=N–C) groups is 1. The molecule has 7 nitrogen and oxygen atoms in total. The van der Waals surface area contributed by atoms with Crippen molar-refractivity contribution in [3.8, 4) is 5.75 Å². The van der Waals surface area contributed by atoms with E-state index in [0.29, 0.717) is 23.5 Å². The molecule has 144 valence electrons. The van der Waals surface area contributed by atoms with Gasteiger partial charge in [-0.3, -0.25) is 10.1 Å². The van der Waals surface area contributed by atoms with E-state index in [0.717, 1.165) is 14.5 Å². The molecule has 0 aromatic heterocycles. The van der Waals surface area contributed by atoms with Gasteiger partial charge in [-0.05, 0) is 81.6 Å². The summed E-state index contributed by atoms with van der Waals surface area (Å²) in [6.07, 6.45) is 1.60. The zero-order valence-electron chi connectivity index (χ0n) is 14.9. The van der Waals surface area contributed by atoms with Crippen LogP contribution < -0.4 is 4.74 Å². The number of ether oxygens (including phenoxy) is 2. The van der Waals surface area contributed by atoms with Crippen LogP contribution in [-0.2, 0) is 9.53 Å². The summed E-state index contributed by atoms with van der Waals surface area (Å²) in [6, 6.07) is 8.05. The summed E-state index contributed by atoms with van der Waals surface area (Å²) in [5.41, 5.74) is 1.80. The van der Waals surface area contributed by atoms with Crippen LogP contribution in [0.3, 0.4) is 0 Å². The first kappa shape index (κ1) is 20.2. The van der Waals surface area contributed by atoms with E-state index in [2.05, 4.69) is 36.9 Å². The van der Waals surface area contributed by atoms with Crippen molar-refractivity contribution in [3.05, 3.63) is 71.8 Å². The van der Waals surface area contributed by atoms with Gasteiger partial charge in [0.25, 0.3) is 5.69 Å². The molecule has 0 amide bonds. The van der Waals surface area contributed by atoms with E-state index in [1.165, 1.54) is 12.1 Å². The van der Waals surface area contributed by atoms with Gasteiger partial charge in [0.05, 0.1) is 20.5 Å². The largest absolute Gasteiger partial charge is 0.492 e. The minimum absolute atomic E-state index is 0.00599. The Labute approximate surface area is 177 Å². The molecule has 0 N–H and O–H groups in total. The number of carbonyl (C=O) groups excluding carboxylic acids is 1. The van der Waals surface area contributed by atoms with Crippen molar-refractivity contribution in [2.24, 2.45) is 4.99 Å². The minimum atomic E-state index is -0.591. The number of esters is 1. The highest BCUT2D eigenvalue weighted by atomic mass is 79.9. The fourth-order valence-corrected chi connectivity index (χ4v) is 4.08. The van der Waals surface area contributed by atoms with Crippen LogP contribution >= 0.6 is 31.9 Å². The summed E-state index contributed by atoms with van der Waals surface area (Å²) >= 11 is 6.89. The molecule has 0 fully saturated rings. The second kappa shape index (κ2) is 8.24. The fraction of sp³-hybridized carbons (Fsp3) is 0.158. The molecular formula is C19H14Br2N2O5.